The minimum Gasteiger partial charge on any atom is -0.462 e. The molecule has 4 rings (SSSR count). The second kappa shape index (κ2) is 12.3. The zero-order chi connectivity index (χ0) is 27.1. The molecule has 7 nitrogen and oxygen atoms in total. The highest BCUT2D eigenvalue weighted by atomic mass is 35.5. The van der Waals surface area contributed by atoms with E-state index in [0.29, 0.717) is 16.1 Å². The number of hydrogen-bond acceptors (Lipinski definition) is 7. The van der Waals surface area contributed by atoms with Gasteiger partial charge in [0.1, 0.15) is 10.6 Å². The molecule has 192 valence electrons. The summed E-state index contributed by atoms with van der Waals surface area (Å²) in [5.41, 5.74) is 2.12. The van der Waals surface area contributed by atoms with E-state index in [0.717, 1.165) is 16.9 Å². The summed E-state index contributed by atoms with van der Waals surface area (Å²) in [6.45, 7) is 1.22. The van der Waals surface area contributed by atoms with Crippen LogP contribution in [0.2, 0.25) is 5.02 Å². The SMILES string of the molecule is CCOC(=O)c1c(-c2ccc(Cl)cc2)csc1NC(=O)COC(=O)c1ccccc1C(=O)c1ccccc1. The fourth-order valence-electron chi connectivity index (χ4n) is 3.67. The summed E-state index contributed by atoms with van der Waals surface area (Å²) in [5.74, 6) is -2.41. The van der Waals surface area contributed by atoms with Crippen LogP contribution >= 0.6 is 22.9 Å². The van der Waals surface area contributed by atoms with Gasteiger partial charge in [0.05, 0.1) is 12.2 Å². The van der Waals surface area contributed by atoms with Crippen molar-refractivity contribution in [3.05, 3.63) is 112 Å². The predicted octanol–water partition coefficient (Wildman–Crippen LogP) is 6.27. The fraction of sp³-hybridized carbons (Fsp3) is 0.103. The number of benzene rings is 3. The number of hydrogen-bond donors (Lipinski definition) is 1. The van der Waals surface area contributed by atoms with Gasteiger partial charge in [0.25, 0.3) is 5.91 Å². The Bertz CT molecular complexity index is 1480. The number of anilines is 1. The highest BCUT2D eigenvalue weighted by Crippen LogP contribution is 2.36. The lowest BCUT2D eigenvalue weighted by atomic mass is 9.98. The van der Waals surface area contributed by atoms with E-state index in [1.54, 1.807) is 79.0 Å². The van der Waals surface area contributed by atoms with E-state index in [1.807, 2.05) is 0 Å². The highest BCUT2D eigenvalue weighted by Gasteiger charge is 2.24. The van der Waals surface area contributed by atoms with Crippen molar-refractivity contribution >= 4 is 51.6 Å². The molecule has 0 saturated heterocycles. The lowest BCUT2D eigenvalue weighted by Crippen LogP contribution is -2.22. The van der Waals surface area contributed by atoms with Crippen molar-refractivity contribution in [2.75, 3.05) is 18.5 Å². The lowest BCUT2D eigenvalue weighted by Gasteiger charge is -2.11. The molecule has 0 aliphatic carbocycles. The Morgan fingerprint density at radius 2 is 1.47 bits per heavy atom. The first-order valence-corrected chi connectivity index (χ1v) is 12.8. The van der Waals surface area contributed by atoms with Crippen LogP contribution in [-0.4, -0.2) is 36.8 Å². The standard InChI is InChI=1S/C29H22ClNO6S/c1-2-36-29(35)25-23(18-12-14-20(30)15-13-18)17-38-27(25)31-24(32)16-37-28(34)22-11-7-6-10-21(22)26(33)19-8-4-3-5-9-19/h3-15,17H,2,16H2,1H3,(H,31,32). The molecule has 0 aliphatic rings. The van der Waals surface area contributed by atoms with Gasteiger partial charge in [-0.05, 0) is 30.7 Å². The van der Waals surface area contributed by atoms with Crippen LogP contribution < -0.4 is 5.32 Å². The Kier molecular flexibility index (Phi) is 8.68. The molecule has 0 bridgehead atoms. The molecule has 0 fully saturated rings. The molecule has 1 heterocycles. The molecule has 9 heteroatoms. The first kappa shape index (κ1) is 26.8. The van der Waals surface area contributed by atoms with E-state index in [4.69, 9.17) is 21.1 Å². The van der Waals surface area contributed by atoms with Crippen LogP contribution in [0.1, 0.15) is 43.6 Å². The predicted molar refractivity (Wildman–Crippen MR) is 146 cm³/mol. The number of nitrogens with one attached hydrogen (secondary N) is 1. The van der Waals surface area contributed by atoms with E-state index >= 15 is 0 Å². The Hall–Kier alpha value is -4.27. The van der Waals surface area contributed by atoms with Crippen molar-refractivity contribution in [3.63, 3.8) is 0 Å². The summed E-state index contributed by atoms with van der Waals surface area (Å²) < 4.78 is 10.4. The lowest BCUT2D eigenvalue weighted by molar-refractivity contribution is -0.119. The maximum atomic E-state index is 12.9. The molecule has 0 spiro atoms. The van der Waals surface area contributed by atoms with Gasteiger partial charge in [0, 0.05) is 27.1 Å². The van der Waals surface area contributed by atoms with Crippen LogP contribution in [0.25, 0.3) is 11.1 Å². The van der Waals surface area contributed by atoms with Gasteiger partial charge >= 0.3 is 11.9 Å². The first-order chi connectivity index (χ1) is 18.4. The number of carbonyl (C=O) groups is 4. The molecule has 38 heavy (non-hydrogen) atoms. The third-order valence-electron chi connectivity index (χ3n) is 5.44. The van der Waals surface area contributed by atoms with Crippen molar-refractivity contribution in [2.24, 2.45) is 0 Å². The monoisotopic (exact) mass is 547 g/mol. The Morgan fingerprint density at radius 3 is 2.16 bits per heavy atom. The summed E-state index contributed by atoms with van der Waals surface area (Å²) >= 11 is 7.12. The second-order valence-electron chi connectivity index (χ2n) is 7.95. The molecule has 1 N–H and O–H groups in total. The normalized spacial score (nSPS) is 10.5. The van der Waals surface area contributed by atoms with Crippen LogP contribution in [0.5, 0.6) is 0 Å². The van der Waals surface area contributed by atoms with Gasteiger partial charge in [-0.1, -0.05) is 72.3 Å². The van der Waals surface area contributed by atoms with E-state index in [2.05, 4.69) is 5.32 Å². The molecule has 4 aromatic rings. The quantitative estimate of drug-likeness (QED) is 0.196. The average molecular weight is 548 g/mol. The van der Waals surface area contributed by atoms with Gasteiger partial charge in [-0.15, -0.1) is 11.3 Å². The molecule has 0 radical (unpaired) electrons. The maximum absolute atomic E-state index is 12.9. The van der Waals surface area contributed by atoms with E-state index < -0.39 is 24.5 Å². The van der Waals surface area contributed by atoms with Gasteiger partial charge in [0.15, 0.2) is 12.4 Å². The summed E-state index contributed by atoms with van der Waals surface area (Å²) in [7, 11) is 0. The van der Waals surface area contributed by atoms with Crippen molar-refractivity contribution < 1.29 is 28.7 Å². The number of thiophene rings is 1. The van der Waals surface area contributed by atoms with Gasteiger partial charge in [-0.3, -0.25) is 9.59 Å². The third-order valence-corrected chi connectivity index (χ3v) is 6.59. The topological polar surface area (TPSA) is 98.8 Å². The molecule has 0 unspecified atom stereocenters. The van der Waals surface area contributed by atoms with E-state index in [-0.39, 0.29) is 34.1 Å². The minimum absolute atomic E-state index is 0.0440. The minimum atomic E-state index is -0.821. The van der Waals surface area contributed by atoms with E-state index in [9.17, 15) is 19.2 Å². The Labute approximate surface area is 228 Å². The van der Waals surface area contributed by atoms with Crippen molar-refractivity contribution in [1.82, 2.24) is 0 Å². The molecule has 0 aliphatic heterocycles. The molecule has 1 amide bonds. The fourth-order valence-corrected chi connectivity index (χ4v) is 4.77. The molecule has 3 aromatic carbocycles. The van der Waals surface area contributed by atoms with Crippen LogP contribution in [-0.2, 0) is 14.3 Å². The van der Waals surface area contributed by atoms with Crippen molar-refractivity contribution in [1.29, 1.82) is 0 Å². The summed E-state index contributed by atoms with van der Waals surface area (Å²) in [6.07, 6.45) is 0. The number of rotatable bonds is 9. The number of esters is 2. The third kappa shape index (κ3) is 6.16. The van der Waals surface area contributed by atoms with Gasteiger partial charge in [-0.2, -0.15) is 0 Å². The highest BCUT2D eigenvalue weighted by molar-refractivity contribution is 7.15. The molecular weight excluding hydrogens is 526 g/mol. The van der Waals surface area contributed by atoms with Crippen LogP contribution in [0.4, 0.5) is 5.00 Å². The number of halogens is 1. The van der Waals surface area contributed by atoms with Crippen molar-refractivity contribution in [3.8, 4) is 11.1 Å². The van der Waals surface area contributed by atoms with Gasteiger partial charge in [0.2, 0.25) is 0 Å². The van der Waals surface area contributed by atoms with Gasteiger partial charge in [-0.25, -0.2) is 9.59 Å². The van der Waals surface area contributed by atoms with Gasteiger partial charge < -0.3 is 14.8 Å². The largest absolute Gasteiger partial charge is 0.462 e. The zero-order valence-electron chi connectivity index (χ0n) is 20.2. The number of amides is 1. The molecule has 0 saturated carbocycles. The van der Waals surface area contributed by atoms with Crippen LogP contribution in [0, 0.1) is 0 Å². The Balaban J connectivity index is 1.49. The molecule has 1 aromatic heterocycles. The zero-order valence-corrected chi connectivity index (χ0v) is 21.8. The van der Waals surface area contributed by atoms with Crippen LogP contribution in [0.3, 0.4) is 0 Å². The maximum Gasteiger partial charge on any atom is 0.341 e. The molecule has 0 atom stereocenters. The summed E-state index contributed by atoms with van der Waals surface area (Å²) in [4.78, 5) is 51.1. The Morgan fingerprint density at radius 1 is 0.816 bits per heavy atom. The van der Waals surface area contributed by atoms with Crippen LogP contribution in [0.15, 0.2) is 84.2 Å². The van der Waals surface area contributed by atoms with Crippen molar-refractivity contribution in [2.45, 2.75) is 6.92 Å². The smallest absolute Gasteiger partial charge is 0.341 e. The first-order valence-electron chi connectivity index (χ1n) is 11.6. The number of ketones is 1. The molecular formula is C29H22ClNO6S. The summed E-state index contributed by atoms with van der Waals surface area (Å²) in [6, 6.07) is 21.7. The number of carbonyl (C=O) groups excluding carboxylic acids is 4. The number of ether oxygens (including phenoxy) is 2. The van der Waals surface area contributed by atoms with E-state index in [1.165, 1.54) is 12.1 Å². The second-order valence-corrected chi connectivity index (χ2v) is 9.26. The average Bonchev–Trinajstić information content (AvgIpc) is 3.35. The summed E-state index contributed by atoms with van der Waals surface area (Å²) in [5, 5.41) is 5.16.